The maximum absolute atomic E-state index is 12.4. The van der Waals surface area contributed by atoms with Crippen LogP contribution in [0.4, 0.5) is 0 Å². The minimum absolute atomic E-state index is 0.0461. The van der Waals surface area contributed by atoms with E-state index in [1.165, 1.54) is 18.4 Å². The molecule has 25 heavy (non-hydrogen) atoms. The Bertz CT molecular complexity index is 700. The van der Waals surface area contributed by atoms with Gasteiger partial charge in [-0.25, -0.2) is 4.98 Å². The van der Waals surface area contributed by atoms with Crippen molar-refractivity contribution in [1.29, 1.82) is 0 Å². The van der Waals surface area contributed by atoms with Gasteiger partial charge >= 0.3 is 0 Å². The minimum atomic E-state index is 0.0461. The van der Waals surface area contributed by atoms with Gasteiger partial charge in [-0.15, -0.1) is 0 Å². The van der Waals surface area contributed by atoms with Gasteiger partial charge in [0.15, 0.2) is 0 Å². The van der Waals surface area contributed by atoms with Crippen molar-refractivity contribution in [2.45, 2.75) is 51.0 Å². The number of aryl methyl sites for hydroxylation is 1. The fraction of sp³-hybridized carbons (Fsp3) is 0.500. The average molecular weight is 341 g/mol. The van der Waals surface area contributed by atoms with Crippen LogP contribution in [0.5, 0.6) is 5.75 Å². The Kier molecular flexibility index (Phi) is 5.41. The van der Waals surface area contributed by atoms with Crippen LogP contribution in [0.3, 0.4) is 0 Å². The van der Waals surface area contributed by atoms with Gasteiger partial charge in [-0.05, 0) is 30.5 Å². The molecule has 1 fully saturated rings. The van der Waals surface area contributed by atoms with Crippen LogP contribution in [0.2, 0.25) is 0 Å². The molecule has 1 aromatic heterocycles. The highest BCUT2D eigenvalue weighted by molar-refractivity contribution is 5.76. The number of hydrogen-bond donors (Lipinski definition) is 1. The highest BCUT2D eigenvalue weighted by Crippen LogP contribution is 2.41. The number of carbonyl (C=O) groups is 1. The fourth-order valence-electron chi connectivity index (χ4n) is 3.84. The van der Waals surface area contributed by atoms with E-state index in [0.29, 0.717) is 13.1 Å². The predicted molar refractivity (Wildman–Crippen MR) is 97.8 cm³/mol. The number of nitrogens with zero attached hydrogens (tertiary/aromatic N) is 2. The first-order chi connectivity index (χ1) is 12.2. The molecule has 1 amide bonds. The molecular formula is C20H27N3O2. The quantitative estimate of drug-likeness (QED) is 0.842. The minimum Gasteiger partial charge on any atom is -0.497 e. The Balaban J connectivity index is 1.66. The lowest BCUT2D eigenvalue weighted by Crippen LogP contribution is -2.40. The number of carbonyl (C=O) groups excluding carboxylic acids is 1. The van der Waals surface area contributed by atoms with Crippen LogP contribution in [0.1, 0.15) is 44.0 Å². The van der Waals surface area contributed by atoms with Crippen molar-refractivity contribution < 1.29 is 9.53 Å². The van der Waals surface area contributed by atoms with Crippen molar-refractivity contribution in [2.24, 2.45) is 0 Å². The summed E-state index contributed by atoms with van der Waals surface area (Å²) in [4.78, 5) is 16.7. The van der Waals surface area contributed by atoms with E-state index in [1.54, 1.807) is 13.3 Å². The zero-order valence-corrected chi connectivity index (χ0v) is 15.1. The van der Waals surface area contributed by atoms with Crippen molar-refractivity contribution in [3.8, 4) is 5.75 Å². The molecule has 0 aliphatic heterocycles. The number of methoxy groups -OCH3 is 1. The Morgan fingerprint density at radius 2 is 2.00 bits per heavy atom. The standard InChI is InChI=1S/C20H27N3O2/c1-3-18-21-12-13-23(18)14-19(24)22-15-20(10-4-5-11-20)16-6-8-17(25-2)9-7-16/h6-9,12-13H,3-5,10-11,14-15H2,1-2H3,(H,22,24). The molecule has 1 saturated carbocycles. The van der Waals surface area contributed by atoms with Crippen molar-refractivity contribution in [1.82, 2.24) is 14.9 Å². The van der Waals surface area contributed by atoms with Gasteiger partial charge in [-0.3, -0.25) is 4.79 Å². The molecule has 3 rings (SSSR count). The Morgan fingerprint density at radius 3 is 2.64 bits per heavy atom. The maximum atomic E-state index is 12.4. The molecule has 0 saturated heterocycles. The molecule has 2 aromatic rings. The van der Waals surface area contributed by atoms with E-state index in [2.05, 4.69) is 22.4 Å². The number of benzene rings is 1. The Labute approximate surface area is 149 Å². The zero-order valence-electron chi connectivity index (χ0n) is 15.1. The van der Waals surface area contributed by atoms with E-state index < -0.39 is 0 Å². The summed E-state index contributed by atoms with van der Waals surface area (Å²) in [6.45, 7) is 3.07. The monoisotopic (exact) mass is 341 g/mol. The van der Waals surface area contributed by atoms with Gasteiger partial charge < -0.3 is 14.6 Å². The second-order valence-electron chi connectivity index (χ2n) is 6.82. The third-order valence-electron chi connectivity index (χ3n) is 5.32. The molecule has 0 atom stereocenters. The van der Waals surface area contributed by atoms with Crippen LogP contribution in [0.15, 0.2) is 36.7 Å². The molecule has 0 unspecified atom stereocenters. The van der Waals surface area contributed by atoms with Gasteiger partial charge in [0.05, 0.1) is 7.11 Å². The van der Waals surface area contributed by atoms with Gasteiger partial charge in [-0.1, -0.05) is 31.9 Å². The number of ether oxygens (including phenoxy) is 1. The molecule has 0 spiro atoms. The van der Waals surface area contributed by atoms with E-state index in [-0.39, 0.29) is 11.3 Å². The van der Waals surface area contributed by atoms with Crippen LogP contribution >= 0.6 is 0 Å². The van der Waals surface area contributed by atoms with Crippen LogP contribution in [-0.2, 0) is 23.2 Å². The normalized spacial score (nSPS) is 15.9. The summed E-state index contributed by atoms with van der Waals surface area (Å²) in [5, 5.41) is 3.16. The summed E-state index contributed by atoms with van der Waals surface area (Å²) >= 11 is 0. The third-order valence-corrected chi connectivity index (χ3v) is 5.32. The first-order valence-corrected chi connectivity index (χ1v) is 9.08. The third kappa shape index (κ3) is 3.86. The average Bonchev–Trinajstić information content (AvgIpc) is 3.30. The fourth-order valence-corrected chi connectivity index (χ4v) is 3.84. The molecule has 0 bridgehead atoms. The number of rotatable bonds is 7. The molecule has 5 heteroatoms. The van der Waals surface area contributed by atoms with Crippen LogP contribution < -0.4 is 10.1 Å². The molecule has 1 aliphatic rings. The van der Waals surface area contributed by atoms with Crippen LogP contribution in [0, 0.1) is 0 Å². The molecular weight excluding hydrogens is 314 g/mol. The lowest BCUT2D eigenvalue weighted by molar-refractivity contribution is -0.122. The lowest BCUT2D eigenvalue weighted by Gasteiger charge is -2.30. The highest BCUT2D eigenvalue weighted by Gasteiger charge is 2.35. The van der Waals surface area contributed by atoms with E-state index in [0.717, 1.165) is 30.8 Å². The molecule has 134 valence electrons. The first kappa shape index (κ1) is 17.5. The topological polar surface area (TPSA) is 56.2 Å². The van der Waals surface area contributed by atoms with Crippen molar-refractivity contribution >= 4 is 5.91 Å². The smallest absolute Gasteiger partial charge is 0.240 e. The Morgan fingerprint density at radius 1 is 1.28 bits per heavy atom. The number of imidazole rings is 1. The summed E-state index contributed by atoms with van der Waals surface area (Å²) in [5.41, 5.74) is 1.34. The van der Waals surface area contributed by atoms with Gasteiger partial charge in [0.2, 0.25) is 5.91 Å². The molecule has 0 radical (unpaired) electrons. The number of amides is 1. The largest absolute Gasteiger partial charge is 0.497 e. The molecule has 1 N–H and O–H groups in total. The predicted octanol–water partition coefficient (Wildman–Crippen LogP) is 3.08. The summed E-state index contributed by atoms with van der Waals surface area (Å²) in [7, 11) is 1.68. The number of hydrogen-bond acceptors (Lipinski definition) is 3. The highest BCUT2D eigenvalue weighted by atomic mass is 16.5. The maximum Gasteiger partial charge on any atom is 0.240 e. The van der Waals surface area contributed by atoms with Crippen LogP contribution in [-0.4, -0.2) is 29.1 Å². The number of nitrogens with one attached hydrogen (secondary N) is 1. The molecule has 1 heterocycles. The molecule has 5 nitrogen and oxygen atoms in total. The van der Waals surface area contributed by atoms with E-state index >= 15 is 0 Å². The zero-order chi connectivity index (χ0) is 17.7. The number of aromatic nitrogens is 2. The van der Waals surface area contributed by atoms with Crippen molar-refractivity contribution in [3.63, 3.8) is 0 Å². The van der Waals surface area contributed by atoms with Crippen molar-refractivity contribution in [3.05, 3.63) is 48.0 Å². The molecule has 1 aliphatic carbocycles. The summed E-state index contributed by atoms with van der Waals surface area (Å²) in [6, 6.07) is 8.30. The second kappa shape index (κ2) is 7.72. The summed E-state index contributed by atoms with van der Waals surface area (Å²) in [6.07, 6.45) is 9.10. The molecule has 1 aromatic carbocycles. The van der Waals surface area contributed by atoms with Crippen molar-refractivity contribution in [2.75, 3.05) is 13.7 Å². The van der Waals surface area contributed by atoms with E-state index in [1.807, 2.05) is 29.8 Å². The second-order valence-corrected chi connectivity index (χ2v) is 6.82. The first-order valence-electron chi connectivity index (χ1n) is 9.08. The Hall–Kier alpha value is -2.30. The van der Waals surface area contributed by atoms with E-state index in [4.69, 9.17) is 4.74 Å². The van der Waals surface area contributed by atoms with E-state index in [9.17, 15) is 4.79 Å². The van der Waals surface area contributed by atoms with Gasteiger partial charge in [0.1, 0.15) is 18.1 Å². The van der Waals surface area contributed by atoms with Gasteiger partial charge in [0, 0.05) is 30.8 Å². The van der Waals surface area contributed by atoms with Gasteiger partial charge in [-0.2, -0.15) is 0 Å². The summed E-state index contributed by atoms with van der Waals surface area (Å²) < 4.78 is 7.19. The lowest BCUT2D eigenvalue weighted by atomic mass is 9.78. The summed E-state index contributed by atoms with van der Waals surface area (Å²) in [5.74, 6) is 1.86. The van der Waals surface area contributed by atoms with Crippen LogP contribution in [0.25, 0.3) is 0 Å². The SMILES string of the molecule is CCc1nccn1CC(=O)NCC1(c2ccc(OC)cc2)CCCC1. The van der Waals surface area contributed by atoms with Gasteiger partial charge in [0.25, 0.3) is 0 Å².